The Hall–Kier alpha value is -0.830. The number of aldehydes is 1. The lowest BCUT2D eigenvalue weighted by molar-refractivity contribution is -0.108. The van der Waals surface area contributed by atoms with Gasteiger partial charge in [0.1, 0.15) is 12.0 Å². The second-order valence-electron chi connectivity index (χ2n) is 5.42. The second kappa shape index (κ2) is 7.09. The van der Waals surface area contributed by atoms with E-state index in [2.05, 4.69) is 28.9 Å². The minimum atomic E-state index is 0.341. The van der Waals surface area contributed by atoms with Crippen LogP contribution in [-0.4, -0.2) is 12.4 Å². The number of hydrogen-bond donors (Lipinski definition) is 0. The van der Waals surface area contributed by atoms with Crippen molar-refractivity contribution in [3.05, 3.63) is 28.2 Å². The summed E-state index contributed by atoms with van der Waals surface area (Å²) in [6, 6.07) is 6.15. The normalized spacial score (nSPS) is 23.1. The number of aryl methyl sites for hydroxylation is 1. The Bertz CT molecular complexity index is 423. The Balaban J connectivity index is 1.81. The molecular weight excluding hydrogens is 304 g/mol. The number of halogens is 1. The highest BCUT2D eigenvalue weighted by Gasteiger charge is 2.22. The Morgan fingerprint density at radius 3 is 2.68 bits per heavy atom. The molecule has 1 fully saturated rings. The van der Waals surface area contributed by atoms with E-state index in [9.17, 15) is 4.79 Å². The van der Waals surface area contributed by atoms with Crippen LogP contribution in [0.4, 0.5) is 0 Å². The molecule has 0 aliphatic heterocycles. The Labute approximate surface area is 123 Å². The number of carbonyl (C=O) groups excluding carboxylic acids is 1. The van der Waals surface area contributed by atoms with Gasteiger partial charge in [-0.25, -0.2) is 0 Å². The lowest BCUT2D eigenvalue weighted by Crippen LogP contribution is -2.24. The maximum Gasteiger partial charge on any atom is 0.120 e. The zero-order valence-electron chi connectivity index (χ0n) is 11.4. The summed E-state index contributed by atoms with van der Waals surface area (Å²) >= 11 is 3.50. The fourth-order valence-corrected chi connectivity index (χ4v) is 2.97. The van der Waals surface area contributed by atoms with Gasteiger partial charge in [0.2, 0.25) is 0 Å². The maximum absolute atomic E-state index is 10.4. The minimum Gasteiger partial charge on any atom is -0.490 e. The fourth-order valence-electron chi connectivity index (χ4n) is 2.73. The summed E-state index contributed by atoms with van der Waals surface area (Å²) in [6.07, 6.45) is 7.73. The SMILES string of the molecule is Cc1cc(O[C@H]2CC[C@H](CCC=O)CC2)ccc1Br. The van der Waals surface area contributed by atoms with Crippen LogP contribution < -0.4 is 4.74 Å². The molecule has 0 saturated heterocycles. The molecule has 19 heavy (non-hydrogen) atoms. The van der Waals surface area contributed by atoms with Gasteiger partial charge in [0.15, 0.2) is 0 Å². The molecule has 0 unspecified atom stereocenters. The minimum absolute atomic E-state index is 0.341. The highest BCUT2D eigenvalue weighted by molar-refractivity contribution is 9.10. The van der Waals surface area contributed by atoms with Gasteiger partial charge in [-0.2, -0.15) is 0 Å². The third-order valence-corrected chi connectivity index (χ3v) is 4.81. The van der Waals surface area contributed by atoms with Gasteiger partial charge in [-0.05, 0) is 68.7 Å². The van der Waals surface area contributed by atoms with Crippen molar-refractivity contribution in [1.82, 2.24) is 0 Å². The summed E-state index contributed by atoms with van der Waals surface area (Å²) in [5.41, 5.74) is 1.21. The molecule has 1 aliphatic rings. The van der Waals surface area contributed by atoms with E-state index in [4.69, 9.17) is 4.74 Å². The average molecular weight is 325 g/mol. The van der Waals surface area contributed by atoms with Crippen LogP contribution in [0, 0.1) is 12.8 Å². The molecule has 1 aromatic carbocycles. The number of carbonyl (C=O) groups is 1. The van der Waals surface area contributed by atoms with Crippen molar-refractivity contribution in [2.45, 2.75) is 51.6 Å². The van der Waals surface area contributed by atoms with Gasteiger partial charge in [0.05, 0.1) is 6.10 Å². The van der Waals surface area contributed by atoms with Crippen LogP contribution in [0.5, 0.6) is 5.75 Å². The molecule has 0 radical (unpaired) electrons. The Morgan fingerprint density at radius 1 is 1.32 bits per heavy atom. The molecule has 104 valence electrons. The summed E-state index contributed by atoms with van der Waals surface area (Å²) in [5, 5.41) is 0. The van der Waals surface area contributed by atoms with Crippen molar-refractivity contribution in [3.8, 4) is 5.75 Å². The van der Waals surface area contributed by atoms with Gasteiger partial charge in [-0.15, -0.1) is 0 Å². The van der Waals surface area contributed by atoms with Crippen LogP contribution in [0.25, 0.3) is 0 Å². The predicted octanol–water partition coefficient (Wildman–Crippen LogP) is 4.67. The van der Waals surface area contributed by atoms with Crippen molar-refractivity contribution in [2.75, 3.05) is 0 Å². The molecule has 2 nitrogen and oxygen atoms in total. The summed E-state index contributed by atoms with van der Waals surface area (Å²) < 4.78 is 7.18. The first-order valence-electron chi connectivity index (χ1n) is 7.05. The van der Waals surface area contributed by atoms with Gasteiger partial charge in [-0.3, -0.25) is 0 Å². The third kappa shape index (κ3) is 4.34. The topological polar surface area (TPSA) is 26.3 Å². The average Bonchev–Trinajstić information content (AvgIpc) is 2.42. The van der Waals surface area contributed by atoms with Crippen LogP contribution in [0.1, 0.15) is 44.1 Å². The first kappa shape index (κ1) is 14.6. The summed E-state index contributed by atoms with van der Waals surface area (Å²) in [5.74, 6) is 1.69. The van der Waals surface area contributed by atoms with Crippen LogP contribution in [0.3, 0.4) is 0 Å². The Morgan fingerprint density at radius 2 is 2.05 bits per heavy atom. The number of ether oxygens (including phenoxy) is 1. The molecule has 1 aliphatic carbocycles. The smallest absolute Gasteiger partial charge is 0.120 e. The quantitative estimate of drug-likeness (QED) is 0.735. The molecule has 1 saturated carbocycles. The van der Waals surface area contributed by atoms with Crippen LogP contribution >= 0.6 is 15.9 Å². The van der Waals surface area contributed by atoms with Gasteiger partial charge in [-0.1, -0.05) is 15.9 Å². The first-order chi connectivity index (χ1) is 9.19. The molecule has 1 aromatic rings. The lowest BCUT2D eigenvalue weighted by atomic mass is 9.84. The van der Waals surface area contributed by atoms with E-state index in [-0.39, 0.29) is 0 Å². The third-order valence-electron chi connectivity index (χ3n) is 3.92. The Kier molecular flexibility index (Phi) is 5.44. The van der Waals surface area contributed by atoms with E-state index in [1.54, 1.807) is 0 Å². The van der Waals surface area contributed by atoms with Crippen LogP contribution in [-0.2, 0) is 4.79 Å². The van der Waals surface area contributed by atoms with E-state index >= 15 is 0 Å². The fraction of sp³-hybridized carbons (Fsp3) is 0.562. The summed E-state index contributed by atoms with van der Waals surface area (Å²) in [4.78, 5) is 10.4. The van der Waals surface area contributed by atoms with Crippen molar-refractivity contribution >= 4 is 22.2 Å². The molecule has 0 N–H and O–H groups in total. The van der Waals surface area contributed by atoms with Gasteiger partial charge in [0, 0.05) is 10.9 Å². The zero-order chi connectivity index (χ0) is 13.7. The number of hydrogen-bond acceptors (Lipinski definition) is 2. The highest BCUT2D eigenvalue weighted by Crippen LogP contribution is 2.31. The maximum atomic E-state index is 10.4. The largest absolute Gasteiger partial charge is 0.490 e. The van der Waals surface area contributed by atoms with Crippen molar-refractivity contribution in [1.29, 1.82) is 0 Å². The van der Waals surface area contributed by atoms with E-state index in [0.717, 1.165) is 41.7 Å². The van der Waals surface area contributed by atoms with E-state index in [1.807, 2.05) is 12.1 Å². The van der Waals surface area contributed by atoms with E-state index in [1.165, 1.54) is 18.4 Å². The highest BCUT2D eigenvalue weighted by atomic mass is 79.9. The molecule has 0 bridgehead atoms. The van der Waals surface area contributed by atoms with Crippen LogP contribution in [0.15, 0.2) is 22.7 Å². The molecule has 0 spiro atoms. The molecule has 0 heterocycles. The predicted molar refractivity (Wildman–Crippen MR) is 80.6 cm³/mol. The molecule has 2 rings (SSSR count). The van der Waals surface area contributed by atoms with E-state index in [0.29, 0.717) is 12.5 Å². The lowest BCUT2D eigenvalue weighted by Gasteiger charge is -2.28. The molecular formula is C16H21BrO2. The second-order valence-corrected chi connectivity index (χ2v) is 6.27. The van der Waals surface area contributed by atoms with Gasteiger partial charge in [0.25, 0.3) is 0 Å². The van der Waals surface area contributed by atoms with Crippen molar-refractivity contribution < 1.29 is 9.53 Å². The van der Waals surface area contributed by atoms with Crippen molar-refractivity contribution in [2.24, 2.45) is 5.92 Å². The summed E-state index contributed by atoms with van der Waals surface area (Å²) in [6.45, 7) is 2.08. The monoisotopic (exact) mass is 324 g/mol. The molecule has 3 heteroatoms. The van der Waals surface area contributed by atoms with Crippen LogP contribution in [0.2, 0.25) is 0 Å². The zero-order valence-corrected chi connectivity index (χ0v) is 13.0. The molecule has 0 amide bonds. The van der Waals surface area contributed by atoms with Crippen molar-refractivity contribution in [3.63, 3.8) is 0 Å². The van der Waals surface area contributed by atoms with E-state index < -0.39 is 0 Å². The van der Waals surface area contributed by atoms with Gasteiger partial charge < -0.3 is 9.53 Å². The number of benzene rings is 1. The first-order valence-corrected chi connectivity index (χ1v) is 7.85. The summed E-state index contributed by atoms with van der Waals surface area (Å²) in [7, 11) is 0. The molecule has 0 atom stereocenters. The number of rotatable bonds is 5. The molecule has 0 aromatic heterocycles. The standard InChI is InChI=1S/C16H21BrO2/c1-12-11-15(8-9-16(12)17)19-14-6-4-13(5-7-14)3-2-10-18/h8-11,13-14H,2-7H2,1H3/t13-,14-. The van der Waals surface area contributed by atoms with Gasteiger partial charge >= 0.3 is 0 Å².